The molecule has 2 atom stereocenters. The van der Waals surface area contributed by atoms with E-state index in [1.165, 1.54) is 18.2 Å². The molecule has 27 heavy (non-hydrogen) atoms. The van der Waals surface area contributed by atoms with Crippen LogP contribution in [0.2, 0.25) is 0 Å². The minimum Gasteiger partial charge on any atom is -0.348 e. The monoisotopic (exact) mass is 378 g/mol. The van der Waals surface area contributed by atoms with Gasteiger partial charge in [-0.1, -0.05) is 19.9 Å². The van der Waals surface area contributed by atoms with Gasteiger partial charge < -0.3 is 10.6 Å². The average molecular weight is 378 g/mol. The Morgan fingerprint density at radius 3 is 2.00 bits per heavy atom. The van der Waals surface area contributed by atoms with Crippen LogP contribution in [0.1, 0.15) is 42.7 Å². The summed E-state index contributed by atoms with van der Waals surface area (Å²) in [5.74, 6) is -3.22. The third kappa shape index (κ3) is 5.32. The first-order valence-electron chi connectivity index (χ1n) is 8.50. The van der Waals surface area contributed by atoms with Crippen LogP contribution in [0.5, 0.6) is 0 Å². The zero-order valence-electron chi connectivity index (χ0n) is 15.2. The first-order chi connectivity index (χ1) is 12.7. The zero-order valence-corrected chi connectivity index (χ0v) is 15.2. The maximum Gasteiger partial charge on any atom is 0.251 e. The Bertz CT molecular complexity index is 822. The van der Waals surface area contributed by atoms with Crippen LogP contribution in [-0.4, -0.2) is 17.9 Å². The molecule has 2 aromatic rings. The molecule has 2 aromatic carbocycles. The van der Waals surface area contributed by atoms with Gasteiger partial charge in [0.05, 0.1) is 6.04 Å². The van der Waals surface area contributed by atoms with Gasteiger partial charge in [-0.2, -0.15) is 0 Å². The highest BCUT2D eigenvalue weighted by atomic mass is 19.1. The molecule has 0 radical (unpaired) electrons. The second kappa shape index (κ2) is 8.70. The summed E-state index contributed by atoms with van der Waals surface area (Å²) < 4.78 is 39.9. The second-order valence-corrected chi connectivity index (χ2v) is 6.60. The van der Waals surface area contributed by atoms with E-state index in [2.05, 4.69) is 10.6 Å². The van der Waals surface area contributed by atoms with Gasteiger partial charge in [0, 0.05) is 17.2 Å². The predicted molar refractivity (Wildman–Crippen MR) is 95.4 cm³/mol. The molecule has 0 aliphatic rings. The third-order valence-electron chi connectivity index (χ3n) is 4.13. The zero-order chi connectivity index (χ0) is 20.1. The second-order valence-electron chi connectivity index (χ2n) is 6.60. The van der Waals surface area contributed by atoms with Crippen LogP contribution < -0.4 is 10.6 Å². The highest BCUT2D eigenvalue weighted by molar-refractivity contribution is 5.97. The van der Waals surface area contributed by atoms with E-state index in [-0.39, 0.29) is 17.0 Å². The number of hydrogen-bond donors (Lipinski definition) is 2. The van der Waals surface area contributed by atoms with E-state index in [1.54, 1.807) is 20.8 Å². The minimum atomic E-state index is -0.881. The van der Waals surface area contributed by atoms with Crippen molar-refractivity contribution in [2.75, 3.05) is 0 Å². The summed E-state index contributed by atoms with van der Waals surface area (Å²) >= 11 is 0. The number of carbonyl (C=O) groups excluding carboxylic acids is 2. The molecule has 4 nitrogen and oxygen atoms in total. The van der Waals surface area contributed by atoms with Crippen molar-refractivity contribution in [1.82, 2.24) is 10.6 Å². The Labute approximate surface area is 155 Å². The summed E-state index contributed by atoms with van der Waals surface area (Å²) in [4.78, 5) is 24.9. The van der Waals surface area contributed by atoms with E-state index < -0.39 is 41.3 Å². The lowest BCUT2D eigenvalue weighted by molar-refractivity contribution is -0.124. The van der Waals surface area contributed by atoms with Crippen molar-refractivity contribution in [2.45, 2.75) is 32.9 Å². The Kier molecular flexibility index (Phi) is 6.60. The van der Waals surface area contributed by atoms with Crippen LogP contribution in [0.25, 0.3) is 0 Å². The first kappa shape index (κ1) is 20.5. The standard InChI is InChI=1S/C20H21F3N2O2/c1-11(2)18(25-19(26)13-4-6-14(21)7-5-13)20(27)24-12(3)16-9-8-15(22)10-17(16)23/h4-12,18H,1-3H3,(H,24,27)(H,25,26). The third-order valence-corrected chi connectivity index (χ3v) is 4.13. The van der Waals surface area contributed by atoms with Crippen LogP contribution in [0.4, 0.5) is 13.2 Å². The van der Waals surface area contributed by atoms with Crippen LogP contribution in [0.15, 0.2) is 42.5 Å². The van der Waals surface area contributed by atoms with Crippen LogP contribution >= 0.6 is 0 Å². The number of halogens is 3. The van der Waals surface area contributed by atoms with E-state index in [0.717, 1.165) is 24.3 Å². The molecular formula is C20H21F3N2O2. The Hall–Kier alpha value is -2.83. The lowest BCUT2D eigenvalue weighted by Crippen LogP contribution is -2.50. The SMILES string of the molecule is CC(NC(=O)C(NC(=O)c1ccc(F)cc1)C(C)C)c1ccc(F)cc1F. The maximum atomic E-state index is 13.9. The van der Waals surface area contributed by atoms with Crippen molar-refractivity contribution in [3.8, 4) is 0 Å². The quantitative estimate of drug-likeness (QED) is 0.805. The van der Waals surface area contributed by atoms with E-state index in [0.29, 0.717) is 0 Å². The summed E-state index contributed by atoms with van der Waals surface area (Å²) in [6.45, 7) is 5.06. The van der Waals surface area contributed by atoms with Gasteiger partial charge in [-0.3, -0.25) is 9.59 Å². The largest absolute Gasteiger partial charge is 0.348 e. The van der Waals surface area contributed by atoms with Gasteiger partial charge in [-0.25, -0.2) is 13.2 Å². The van der Waals surface area contributed by atoms with Crippen LogP contribution in [0, 0.1) is 23.4 Å². The molecule has 0 spiro atoms. The predicted octanol–water partition coefficient (Wildman–Crippen LogP) is 3.74. The van der Waals surface area contributed by atoms with Gasteiger partial charge >= 0.3 is 0 Å². The van der Waals surface area contributed by atoms with Gasteiger partial charge in [-0.05, 0) is 43.2 Å². The Morgan fingerprint density at radius 2 is 1.44 bits per heavy atom. The molecule has 0 aromatic heterocycles. The Balaban J connectivity index is 2.10. The highest BCUT2D eigenvalue weighted by Gasteiger charge is 2.26. The van der Waals surface area contributed by atoms with Crippen LogP contribution in [0.3, 0.4) is 0 Å². The number of benzene rings is 2. The van der Waals surface area contributed by atoms with Crippen molar-refractivity contribution in [3.05, 3.63) is 71.0 Å². The van der Waals surface area contributed by atoms with Gasteiger partial charge in [0.25, 0.3) is 5.91 Å². The molecule has 7 heteroatoms. The van der Waals surface area contributed by atoms with E-state index in [4.69, 9.17) is 0 Å². The van der Waals surface area contributed by atoms with E-state index >= 15 is 0 Å². The van der Waals surface area contributed by atoms with Crippen molar-refractivity contribution in [2.24, 2.45) is 5.92 Å². The molecule has 0 fully saturated rings. The molecule has 144 valence electrons. The smallest absolute Gasteiger partial charge is 0.251 e. The molecule has 2 unspecified atom stereocenters. The topological polar surface area (TPSA) is 58.2 Å². The summed E-state index contributed by atoms with van der Waals surface area (Å²) in [6.07, 6.45) is 0. The summed E-state index contributed by atoms with van der Waals surface area (Å²) in [7, 11) is 0. The summed E-state index contributed by atoms with van der Waals surface area (Å²) in [5.41, 5.74) is 0.351. The lowest BCUT2D eigenvalue weighted by atomic mass is 10.0. The Morgan fingerprint density at radius 1 is 0.852 bits per heavy atom. The molecular weight excluding hydrogens is 357 g/mol. The molecule has 2 rings (SSSR count). The molecule has 0 saturated heterocycles. The number of hydrogen-bond acceptors (Lipinski definition) is 2. The van der Waals surface area contributed by atoms with Gasteiger partial charge in [0.1, 0.15) is 23.5 Å². The number of rotatable bonds is 6. The van der Waals surface area contributed by atoms with Gasteiger partial charge in [0.2, 0.25) is 5.91 Å². The van der Waals surface area contributed by atoms with Gasteiger partial charge in [0.15, 0.2) is 0 Å². The lowest BCUT2D eigenvalue weighted by Gasteiger charge is -2.24. The minimum absolute atomic E-state index is 0.136. The number of amides is 2. The fourth-order valence-electron chi connectivity index (χ4n) is 2.59. The van der Waals surface area contributed by atoms with Gasteiger partial charge in [-0.15, -0.1) is 0 Å². The first-order valence-corrected chi connectivity index (χ1v) is 8.50. The summed E-state index contributed by atoms with van der Waals surface area (Å²) in [6, 6.07) is 6.45. The molecule has 0 aliphatic carbocycles. The molecule has 0 aliphatic heterocycles. The van der Waals surface area contributed by atoms with Crippen molar-refractivity contribution in [3.63, 3.8) is 0 Å². The molecule has 0 bridgehead atoms. The molecule has 0 saturated carbocycles. The average Bonchev–Trinajstić information content (AvgIpc) is 2.59. The number of nitrogens with one attached hydrogen (secondary N) is 2. The van der Waals surface area contributed by atoms with Crippen molar-refractivity contribution in [1.29, 1.82) is 0 Å². The molecule has 0 heterocycles. The number of carbonyl (C=O) groups is 2. The fraction of sp³-hybridized carbons (Fsp3) is 0.300. The normalized spacial score (nSPS) is 13.1. The molecule has 2 amide bonds. The van der Waals surface area contributed by atoms with Crippen LogP contribution in [-0.2, 0) is 4.79 Å². The van der Waals surface area contributed by atoms with Crippen molar-refractivity contribution < 1.29 is 22.8 Å². The molecule has 2 N–H and O–H groups in total. The highest BCUT2D eigenvalue weighted by Crippen LogP contribution is 2.18. The summed E-state index contributed by atoms with van der Waals surface area (Å²) in [5, 5.41) is 5.23. The van der Waals surface area contributed by atoms with E-state index in [9.17, 15) is 22.8 Å². The maximum absolute atomic E-state index is 13.9. The van der Waals surface area contributed by atoms with E-state index in [1.807, 2.05) is 0 Å². The van der Waals surface area contributed by atoms with Crippen molar-refractivity contribution >= 4 is 11.8 Å². The fourth-order valence-corrected chi connectivity index (χ4v) is 2.59.